The molecule has 1 amide bonds. The number of anilines is 1. The summed E-state index contributed by atoms with van der Waals surface area (Å²) in [4.78, 5) is 21.8. The number of aliphatic hydroxyl groups is 2. The first-order valence-corrected chi connectivity index (χ1v) is 11.0. The molecule has 2 aromatic heterocycles. The first-order chi connectivity index (χ1) is 14.2. The molecule has 0 saturated heterocycles. The van der Waals surface area contributed by atoms with Crippen LogP contribution in [0.15, 0.2) is 35.7 Å². The lowest BCUT2D eigenvalue weighted by molar-refractivity contribution is -0.129. The summed E-state index contributed by atoms with van der Waals surface area (Å²) in [5.74, 6) is -0.117. The van der Waals surface area contributed by atoms with Crippen LogP contribution < -0.4 is 5.32 Å². The maximum Gasteiger partial charge on any atom is 0.229 e. The second-order valence-corrected chi connectivity index (χ2v) is 8.76. The monoisotopic (exact) mass is 431 g/mol. The third-order valence-electron chi connectivity index (χ3n) is 4.79. The molecule has 1 aromatic carbocycles. The Morgan fingerprint density at radius 1 is 1.17 bits per heavy atom. The summed E-state index contributed by atoms with van der Waals surface area (Å²) in [5, 5.41) is 24.4. The lowest BCUT2D eigenvalue weighted by atomic mass is 9.81. The summed E-state index contributed by atoms with van der Waals surface area (Å²) in [7, 11) is 0. The molecule has 1 saturated carbocycles. The van der Waals surface area contributed by atoms with Crippen molar-refractivity contribution in [1.29, 1.82) is 0 Å². The number of nitrogens with zero attached hydrogens (tertiary/aromatic N) is 2. The Morgan fingerprint density at radius 3 is 2.69 bits per heavy atom. The molecule has 0 spiro atoms. The van der Waals surface area contributed by atoms with E-state index in [-0.39, 0.29) is 31.1 Å². The molecule has 4 rings (SSSR count). The molecule has 3 N–H and O–H groups in total. The van der Waals surface area contributed by atoms with Gasteiger partial charge in [-0.1, -0.05) is 30.3 Å². The van der Waals surface area contributed by atoms with Crippen molar-refractivity contribution in [3.8, 4) is 10.6 Å². The quantitative estimate of drug-likeness (QED) is 0.506. The van der Waals surface area contributed by atoms with Gasteiger partial charge in [0.2, 0.25) is 5.91 Å². The third kappa shape index (κ3) is 4.71. The zero-order chi connectivity index (χ0) is 20.2. The predicted octanol–water partition coefficient (Wildman–Crippen LogP) is 3.19. The Hall–Kier alpha value is -2.17. The molecular formula is C20H21N3O4S2. The van der Waals surface area contributed by atoms with Crippen LogP contribution >= 0.6 is 22.7 Å². The smallest absolute Gasteiger partial charge is 0.229 e. The van der Waals surface area contributed by atoms with Crippen LogP contribution in [0.2, 0.25) is 0 Å². The van der Waals surface area contributed by atoms with Crippen LogP contribution in [0.5, 0.6) is 0 Å². The molecule has 0 bridgehead atoms. The van der Waals surface area contributed by atoms with Crippen molar-refractivity contribution >= 4 is 33.7 Å². The van der Waals surface area contributed by atoms with Crippen LogP contribution in [0.4, 0.5) is 5.13 Å². The minimum absolute atomic E-state index is 0.0480. The van der Waals surface area contributed by atoms with Gasteiger partial charge in [-0.05, 0) is 18.4 Å². The standard InChI is InChI=1S/C20H21N3O4S2/c24-8-15-18(29-17(9-25)21-15)16-11-28-20(22-16)23-19(26)13-6-14(7-13)27-10-12-4-2-1-3-5-12/h1-5,11,13-14,24-25H,6-10H2,(H,22,23,26)/t13-,14+. The fourth-order valence-corrected chi connectivity index (χ4v) is 4.79. The summed E-state index contributed by atoms with van der Waals surface area (Å²) >= 11 is 2.62. The lowest BCUT2D eigenvalue weighted by Gasteiger charge is -2.33. The van der Waals surface area contributed by atoms with E-state index >= 15 is 0 Å². The Morgan fingerprint density at radius 2 is 1.97 bits per heavy atom. The number of benzene rings is 1. The van der Waals surface area contributed by atoms with Crippen molar-refractivity contribution in [2.75, 3.05) is 5.32 Å². The van der Waals surface area contributed by atoms with Crippen molar-refractivity contribution in [1.82, 2.24) is 9.97 Å². The number of carbonyl (C=O) groups excluding carboxylic acids is 1. The van der Waals surface area contributed by atoms with E-state index in [9.17, 15) is 15.0 Å². The number of carbonyl (C=O) groups is 1. The average molecular weight is 432 g/mol. The van der Waals surface area contributed by atoms with Crippen LogP contribution in [0.25, 0.3) is 10.6 Å². The van der Waals surface area contributed by atoms with E-state index in [1.54, 1.807) is 0 Å². The third-order valence-corrected chi connectivity index (χ3v) is 6.65. The van der Waals surface area contributed by atoms with Gasteiger partial charge < -0.3 is 20.3 Å². The van der Waals surface area contributed by atoms with Gasteiger partial charge >= 0.3 is 0 Å². The van der Waals surface area contributed by atoms with E-state index in [4.69, 9.17) is 4.74 Å². The number of ether oxygens (including phenoxy) is 1. The SMILES string of the molecule is O=C(Nc1nc(-c2sc(CO)nc2CO)cs1)[C@H]1C[C@@H](OCc2ccccc2)C1. The molecule has 7 nitrogen and oxygen atoms in total. The molecule has 0 unspecified atom stereocenters. The van der Waals surface area contributed by atoms with Gasteiger partial charge in [-0.15, -0.1) is 22.7 Å². The topological polar surface area (TPSA) is 105 Å². The summed E-state index contributed by atoms with van der Waals surface area (Å²) in [5.41, 5.74) is 2.26. The summed E-state index contributed by atoms with van der Waals surface area (Å²) in [6.45, 7) is 0.158. The molecular weight excluding hydrogens is 410 g/mol. The fourth-order valence-electron chi connectivity index (χ4n) is 3.12. The first kappa shape index (κ1) is 20.1. The van der Waals surface area contributed by atoms with Crippen LogP contribution in [0.3, 0.4) is 0 Å². The van der Waals surface area contributed by atoms with E-state index in [0.717, 1.165) is 5.56 Å². The zero-order valence-corrected chi connectivity index (χ0v) is 17.2. The van der Waals surface area contributed by atoms with Crippen molar-refractivity contribution in [2.24, 2.45) is 5.92 Å². The van der Waals surface area contributed by atoms with E-state index in [1.807, 2.05) is 35.7 Å². The average Bonchev–Trinajstić information content (AvgIpc) is 3.33. The number of aromatic nitrogens is 2. The van der Waals surface area contributed by atoms with Crippen molar-refractivity contribution in [3.05, 3.63) is 52.0 Å². The van der Waals surface area contributed by atoms with Crippen molar-refractivity contribution < 1.29 is 19.7 Å². The van der Waals surface area contributed by atoms with Crippen LogP contribution in [-0.2, 0) is 29.4 Å². The van der Waals surface area contributed by atoms with Gasteiger partial charge in [0.05, 0.1) is 42.2 Å². The van der Waals surface area contributed by atoms with Gasteiger partial charge in [-0.3, -0.25) is 4.79 Å². The molecule has 3 aromatic rings. The Bertz CT molecular complexity index is 967. The molecule has 0 radical (unpaired) electrons. The van der Waals surface area contributed by atoms with E-state index in [1.165, 1.54) is 22.7 Å². The summed E-state index contributed by atoms with van der Waals surface area (Å²) in [6.07, 6.45) is 1.53. The highest BCUT2D eigenvalue weighted by Gasteiger charge is 2.35. The molecule has 2 heterocycles. The molecule has 1 fully saturated rings. The highest BCUT2D eigenvalue weighted by Crippen LogP contribution is 2.35. The van der Waals surface area contributed by atoms with Crippen LogP contribution in [0.1, 0.15) is 29.1 Å². The van der Waals surface area contributed by atoms with Crippen LogP contribution in [-0.4, -0.2) is 32.2 Å². The first-order valence-electron chi connectivity index (χ1n) is 9.29. The largest absolute Gasteiger partial charge is 0.390 e. The van der Waals surface area contributed by atoms with Crippen molar-refractivity contribution in [3.63, 3.8) is 0 Å². The lowest BCUT2D eigenvalue weighted by Crippen LogP contribution is -2.39. The van der Waals surface area contributed by atoms with E-state index < -0.39 is 0 Å². The molecule has 1 aliphatic carbocycles. The highest BCUT2D eigenvalue weighted by molar-refractivity contribution is 7.17. The normalized spacial score (nSPS) is 18.4. The number of hydrogen-bond acceptors (Lipinski definition) is 8. The molecule has 0 atom stereocenters. The van der Waals surface area contributed by atoms with Gasteiger partial charge in [0.1, 0.15) is 5.01 Å². The minimum Gasteiger partial charge on any atom is -0.390 e. The Kier molecular flexibility index (Phi) is 6.31. The van der Waals surface area contributed by atoms with Gasteiger partial charge in [-0.2, -0.15) is 0 Å². The second-order valence-electron chi connectivity index (χ2n) is 6.81. The number of aliphatic hydroxyl groups excluding tert-OH is 2. The zero-order valence-electron chi connectivity index (χ0n) is 15.6. The minimum atomic E-state index is -0.225. The maximum absolute atomic E-state index is 12.5. The van der Waals surface area contributed by atoms with E-state index in [2.05, 4.69) is 15.3 Å². The summed E-state index contributed by atoms with van der Waals surface area (Å²) in [6, 6.07) is 9.99. The number of amides is 1. The molecule has 29 heavy (non-hydrogen) atoms. The van der Waals surface area contributed by atoms with Gasteiger partial charge in [0, 0.05) is 11.3 Å². The fraction of sp³-hybridized carbons (Fsp3) is 0.350. The number of nitrogens with one attached hydrogen (secondary N) is 1. The van der Waals surface area contributed by atoms with Gasteiger partial charge in [0.15, 0.2) is 5.13 Å². The number of thiazole rings is 2. The number of hydrogen-bond donors (Lipinski definition) is 3. The summed E-state index contributed by atoms with van der Waals surface area (Å²) < 4.78 is 5.85. The molecule has 152 valence electrons. The Labute approximate surface area is 176 Å². The molecule has 1 aliphatic rings. The molecule has 0 aliphatic heterocycles. The van der Waals surface area contributed by atoms with Crippen LogP contribution in [0, 0.1) is 5.92 Å². The van der Waals surface area contributed by atoms with E-state index in [0.29, 0.717) is 45.9 Å². The second kappa shape index (κ2) is 9.10. The highest BCUT2D eigenvalue weighted by atomic mass is 32.1. The Balaban J connectivity index is 1.28. The van der Waals surface area contributed by atoms with Crippen molar-refractivity contribution in [2.45, 2.75) is 38.8 Å². The number of rotatable bonds is 8. The molecule has 9 heteroatoms. The maximum atomic E-state index is 12.5. The van der Waals surface area contributed by atoms with Gasteiger partial charge in [-0.25, -0.2) is 9.97 Å². The predicted molar refractivity (Wildman–Crippen MR) is 111 cm³/mol. The van der Waals surface area contributed by atoms with Gasteiger partial charge in [0.25, 0.3) is 0 Å².